The highest BCUT2D eigenvalue weighted by Gasteiger charge is 2.17. The maximum atomic E-state index is 10.5. The molecule has 2 aromatic rings. The van der Waals surface area contributed by atoms with Crippen LogP contribution in [0.1, 0.15) is 24.2 Å². The van der Waals surface area contributed by atoms with E-state index in [2.05, 4.69) is 42.6 Å². The summed E-state index contributed by atoms with van der Waals surface area (Å²) in [6.07, 6.45) is 0.249. The van der Waals surface area contributed by atoms with Crippen LogP contribution in [0, 0.1) is 0 Å². The van der Waals surface area contributed by atoms with E-state index in [0.717, 1.165) is 17.7 Å². The van der Waals surface area contributed by atoms with E-state index in [1.807, 2.05) is 18.2 Å². The highest BCUT2D eigenvalue weighted by Crippen LogP contribution is 2.28. The van der Waals surface area contributed by atoms with E-state index in [4.69, 9.17) is 15.0 Å². The first-order chi connectivity index (χ1) is 11.9. The molecule has 0 radical (unpaired) electrons. The summed E-state index contributed by atoms with van der Waals surface area (Å²) < 4.78 is 12.3. The third-order valence-electron chi connectivity index (χ3n) is 4.19. The minimum absolute atomic E-state index is 0.250. The van der Waals surface area contributed by atoms with Crippen LogP contribution in [-0.2, 0) is 6.42 Å². The van der Waals surface area contributed by atoms with Crippen LogP contribution in [0.15, 0.2) is 42.5 Å². The number of benzene rings is 2. The van der Waals surface area contributed by atoms with Crippen molar-refractivity contribution in [3.05, 3.63) is 53.6 Å². The number of aliphatic hydroxyl groups is 1. The van der Waals surface area contributed by atoms with Crippen LogP contribution >= 0.6 is 18.9 Å². The van der Waals surface area contributed by atoms with Gasteiger partial charge in [0.1, 0.15) is 11.5 Å². The summed E-state index contributed by atoms with van der Waals surface area (Å²) >= 11 is 0. The molecule has 0 amide bonds. The van der Waals surface area contributed by atoms with Crippen LogP contribution in [0.5, 0.6) is 11.5 Å². The van der Waals surface area contributed by atoms with Crippen molar-refractivity contribution in [3.8, 4) is 11.5 Å². The van der Waals surface area contributed by atoms with Crippen LogP contribution in [-0.4, -0.2) is 29.5 Å². The third kappa shape index (κ3) is 5.55. The number of hydrogen-bond acceptors (Lipinski definition) is 5. The van der Waals surface area contributed by atoms with Crippen molar-refractivity contribution in [2.75, 3.05) is 19.4 Å². The number of nitrogen functional groups attached to an aromatic ring is 1. The van der Waals surface area contributed by atoms with Crippen LogP contribution in [0.2, 0.25) is 0 Å². The number of anilines is 1. The Balaban J connectivity index is 1.94. The Bertz CT molecular complexity index is 683. The lowest BCUT2D eigenvalue weighted by atomic mass is 10.1. The normalized spacial score (nSPS) is 13.5. The second-order valence-electron chi connectivity index (χ2n) is 6.03. The standard InChI is InChI=1S/C18H26N2O3P2/c1-12(9-13-3-6-15(22-2)7-4-13)20(24)11-17(21)14-5-8-18(23-25)16(19)10-14/h3-8,10,12,17,21H,9,11,19,24-25H2,1-2H3. The van der Waals surface area contributed by atoms with Crippen LogP contribution in [0.25, 0.3) is 0 Å². The first-order valence-electron chi connectivity index (χ1n) is 8.03. The Labute approximate surface area is 154 Å². The molecule has 0 heterocycles. The molecule has 2 rings (SSSR count). The summed E-state index contributed by atoms with van der Waals surface area (Å²) in [6, 6.07) is 13.6. The van der Waals surface area contributed by atoms with E-state index in [1.54, 1.807) is 19.2 Å². The first kappa shape index (κ1) is 19.9. The Kier molecular flexibility index (Phi) is 7.46. The van der Waals surface area contributed by atoms with Crippen molar-refractivity contribution in [3.63, 3.8) is 0 Å². The fourth-order valence-corrected chi connectivity index (χ4v) is 3.11. The molecule has 0 saturated heterocycles. The molecule has 0 fully saturated rings. The maximum Gasteiger partial charge on any atom is 0.145 e. The SMILES string of the molecule is COc1ccc(CC(C)N(P)CC(O)c2ccc(OP)c(N)c2)cc1. The van der Waals surface area contributed by atoms with Crippen LogP contribution in [0.4, 0.5) is 5.69 Å². The van der Waals surface area contributed by atoms with Gasteiger partial charge in [0.25, 0.3) is 0 Å². The Morgan fingerprint density at radius 2 is 1.88 bits per heavy atom. The van der Waals surface area contributed by atoms with E-state index in [-0.39, 0.29) is 6.04 Å². The lowest BCUT2D eigenvalue weighted by Gasteiger charge is -2.27. The molecular weight excluding hydrogens is 354 g/mol. The molecule has 2 aromatic carbocycles. The number of rotatable bonds is 8. The smallest absolute Gasteiger partial charge is 0.145 e. The minimum atomic E-state index is -0.628. The molecule has 5 nitrogen and oxygen atoms in total. The molecule has 4 unspecified atom stereocenters. The van der Waals surface area contributed by atoms with Crippen LogP contribution < -0.4 is 15.0 Å². The van der Waals surface area contributed by atoms with Crippen LogP contribution in [0.3, 0.4) is 0 Å². The summed E-state index contributed by atoms with van der Waals surface area (Å²) in [5.41, 5.74) is 8.41. The fourth-order valence-electron chi connectivity index (χ4n) is 2.59. The number of hydrogen-bond donors (Lipinski definition) is 2. The van der Waals surface area contributed by atoms with E-state index in [0.29, 0.717) is 18.0 Å². The molecule has 0 aliphatic carbocycles. The summed E-state index contributed by atoms with van der Waals surface area (Å²) in [5, 5.41) is 10.5. The zero-order valence-corrected chi connectivity index (χ0v) is 16.9. The second-order valence-corrected chi connectivity index (χ2v) is 6.93. The van der Waals surface area contributed by atoms with Gasteiger partial charge in [-0.05, 0) is 48.7 Å². The lowest BCUT2D eigenvalue weighted by Crippen LogP contribution is -2.29. The molecule has 0 saturated carbocycles. The quantitative estimate of drug-likeness (QED) is 0.544. The zero-order chi connectivity index (χ0) is 18.4. The minimum Gasteiger partial charge on any atom is -0.497 e. The van der Waals surface area contributed by atoms with Gasteiger partial charge in [0, 0.05) is 12.6 Å². The molecule has 25 heavy (non-hydrogen) atoms. The van der Waals surface area contributed by atoms with Crippen molar-refractivity contribution < 1.29 is 14.4 Å². The van der Waals surface area contributed by atoms with Crippen molar-refractivity contribution in [2.24, 2.45) is 0 Å². The number of nitrogens with zero attached hydrogens (tertiary/aromatic N) is 1. The van der Waals surface area contributed by atoms with Gasteiger partial charge in [0.2, 0.25) is 0 Å². The molecule has 0 aliphatic heterocycles. The third-order valence-corrected chi connectivity index (χ3v) is 5.16. The summed E-state index contributed by atoms with van der Waals surface area (Å²) in [5.74, 6) is 1.43. The molecule has 0 bridgehead atoms. The Hall–Kier alpha value is -1.38. The van der Waals surface area contributed by atoms with Gasteiger partial charge in [0.05, 0.1) is 28.4 Å². The molecule has 7 heteroatoms. The highest BCUT2D eigenvalue weighted by molar-refractivity contribution is 7.13. The predicted molar refractivity (Wildman–Crippen MR) is 109 cm³/mol. The average Bonchev–Trinajstić information content (AvgIpc) is 2.62. The average molecular weight is 380 g/mol. The second kappa shape index (κ2) is 9.35. The highest BCUT2D eigenvalue weighted by atomic mass is 31.0. The Morgan fingerprint density at radius 3 is 2.44 bits per heavy atom. The number of nitrogens with two attached hydrogens (primary N) is 1. The summed E-state index contributed by atoms with van der Waals surface area (Å²) in [7, 11) is 6.53. The van der Waals surface area contributed by atoms with Gasteiger partial charge < -0.3 is 20.1 Å². The maximum absolute atomic E-state index is 10.5. The van der Waals surface area contributed by atoms with Crippen molar-refractivity contribution in [1.29, 1.82) is 0 Å². The van der Waals surface area contributed by atoms with E-state index >= 15 is 0 Å². The number of aliphatic hydroxyl groups excluding tert-OH is 1. The monoisotopic (exact) mass is 380 g/mol. The molecule has 3 N–H and O–H groups in total. The summed E-state index contributed by atoms with van der Waals surface area (Å²) in [6.45, 7) is 2.62. The Morgan fingerprint density at radius 1 is 1.20 bits per heavy atom. The number of methoxy groups -OCH3 is 1. The van der Waals surface area contributed by atoms with Crippen molar-refractivity contribution in [2.45, 2.75) is 25.5 Å². The molecule has 0 spiro atoms. The number of ether oxygens (including phenoxy) is 1. The van der Waals surface area contributed by atoms with Gasteiger partial charge in [-0.15, -0.1) is 0 Å². The topological polar surface area (TPSA) is 68.0 Å². The van der Waals surface area contributed by atoms with E-state index in [9.17, 15) is 5.11 Å². The molecule has 136 valence electrons. The zero-order valence-electron chi connectivity index (χ0n) is 14.6. The molecular formula is C18H26N2O3P2. The van der Waals surface area contributed by atoms with Gasteiger partial charge in [-0.1, -0.05) is 27.6 Å². The van der Waals surface area contributed by atoms with Crippen molar-refractivity contribution in [1.82, 2.24) is 4.67 Å². The van der Waals surface area contributed by atoms with Gasteiger partial charge in [-0.25, -0.2) is 0 Å². The lowest BCUT2D eigenvalue weighted by molar-refractivity contribution is 0.140. The largest absolute Gasteiger partial charge is 0.497 e. The first-order valence-corrected chi connectivity index (χ1v) is 9.01. The van der Waals surface area contributed by atoms with Gasteiger partial charge in [0.15, 0.2) is 0 Å². The molecule has 0 aliphatic rings. The predicted octanol–water partition coefficient (Wildman–Crippen LogP) is 3.20. The fraction of sp³-hybridized carbons (Fsp3) is 0.333. The van der Waals surface area contributed by atoms with Gasteiger partial charge in [-0.2, -0.15) is 0 Å². The molecule has 0 aromatic heterocycles. The van der Waals surface area contributed by atoms with Gasteiger partial charge in [-0.3, -0.25) is 4.67 Å². The van der Waals surface area contributed by atoms with E-state index in [1.165, 1.54) is 5.56 Å². The summed E-state index contributed by atoms with van der Waals surface area (Å²) in [4.78, 5) is 0. The van der Waals surface area contributed by atoms with Gasteiger partial charge >= 0.3 is 0 Å². The molecule has 4 atom stereocenters. The van der Waals surface area contributed by atoms with Crippen molar-refractivity contribution >= 4 is 24.5 Å². The van der Waals surface area contributed by atoms with E-state index < -0.39 is 6.10 Å².